The highest BCUT2D eigenvalue weighted by atomic mass is 31.2. The van der Waals surface area contributed by atoms with Crippen LogP contribution in [-0.4, -0.2) is 37.2 Å². The van der Waals surface area contributed by atoms with Gasteiger partial charge in [-0.25, -0.2) is 4.57 Å². The predicted molar refractivity (Wildman–Crippen MR) is 58.3 cm³/mol. The van der Waals surface area contributed by atoms with Crippen LogP contribution in [0.5, 0.6) is 0 Å². The highest BCUT2D eigenvalue weighted by Crippen LogP contribution is 2.63. The molecule has 1 heterocycles. The molecule has 16 heavy (non-hydrogen) atoms. The van der Waals surface area contributed by atoms with Gasteiger partial charge in [0.1, 0.15) is 11.7 Å². The SMILES string of the molecule is [B][C@H]1CC2OP(=O)(O)O[C@]2(COC(C)C)C1. The van der Waals surface area contributed by atoms with E-state index in [1.165, 1.54) is 0 Å². The van der Waals surface area contributed by atoms with E-state index in [-0.39, 0.29) is 18.5 Å². The first-order valence-corrected chi connectivity index (χ1v) is 6.92. The molecule has 2 unspecified atom stereocenters. The van der Waals surface area contributed by atoms with Gasteiger partial charge < -0.3 is 9.63 Å². The third-order valence-corrected chi connectivity index (χ3v) is 4.05. The number of hydrogen-bond donors (Lipinski definition) is 1. The largest absolute Gasteiger partial charge is 0.473 e. The predicted octanol–water partition coefficient (Wildman–Crippen LogP) is 1.42. The first kappa shape index (κ1) is 12.6. The van der Waals surface area contributed by atoms with Gasteiger partial charge in [-0.15, -0.1) is 0 Å². The van der Waals surface area contributed by atoms with Crippen molar-refractivity contribution in [2.75, 3.05) is 6.61 Å². The molecule has 5 nitrogen and oxygen atoms in total. The van der Waals surface area contributed by atoms with Crippen LogP contribution in [0.1, 0.15) is 26.7 Å². The molecule has 90 valence electrons. The molecule has 0 bridgehead atoms. The molecule has 2 fully saturated rings. The van der Waals surface area contributed by atoms with Gasteiger partial charge in [0.05, 0.1) is 20.6 Å². The normalized spacial score (nSPS) is 47.5. The van der Waals surface area contributed by atoms with Crippen LogP contribution < -0.4 is 0 Å². The van der Waals surface area contributed by atoms with Gasteiger partial charge in [-0.3, -0.25) is 9.05 Å². The molecule has 0 spiro atoms. The minimum absolute atomic E-state index is 0.0362. The second-order valence-electron chi connectivity index (χ2n) is 4.78. The van der Waals surface area contributed by atoms with Crippen molar-refractivity contribution >= 4 is 15.7 Å². The van der Waals surface area contributed by atoms with E-state index >= 15 is 0 Å². The van der Waals surface area contributed by atoms with E-state index in [1.54, 1.807) is 0 Å². The summed E-state index contributed by atoms with van der Waals surface area (Å²) in [6.07, 6.45) is 0.632. The Morgan fingerprint density at radius 1 is 1.69 bits per heavy atom. The third kappa shape index (κ3) is 2.36. The van der Waals surface area contributed by atoms with Crippen LogP contribution in [0.2, 0.25) is 5.82 Å². The first-order chi connectivity index (χ1) is 7.33. The molecule has 0 aromatic carbocycles. The standard InChI is InChI=1S/C9H16BO5P/c1-6(2)13-5-9-4-7(10)3-8(9)14-16(11,12)15-9/h6-8H,3-5H2,1-2H3,(H,11,12)/t7-,8?,9-/m0/s1. The maximum absolute atomic E-state index is 11.4. The Kier molecular flexibility index (Phi) is 3.23. The monoisotopic (exact) mass is 246 g/mol. The minimum atomic E-state index is -3.91. The van der Waals surface area contributed by atoms with Crippen molar-refractivity contribution in [2.45, 2.75) is 50.3 Å². The fourth-order valence-corrected chi connectivity index (χ4v) is 3.63. The Balaban J connectivity index is 2.11. The van der Waals surface area contributed by atoms with Crippen molar-refractivity contribution in [3.63, 3.8) is 0 Å². The van der Waals surface area contributed by atoms with Gasteiger partial charge in [-0.05, 0) is 26.7 Å². The lowest BCUT2D eigenvalue weighted by Gasteiger charge is -2.26. The van der Waals surface area contributed by atoms with Gasteiger partial charge in [0, 0.05) is 0 Å². The number of ether oxygens (including phenoxy) is 1. The Morgan fingerprint density at radius 2 is 2.38 bits per heavy atom. The van der Waals surface area contributed by atoms with Crippen molar-refractivity contribution in [3.05, 3.63) is 0 Å². The van der Waals surface area contributed by atoms with Gasteiger partial charge in [-0.2, -0.15) is 0 Å². The molecule has 2 aliphatic rings. The van der Waals surface area contributed by atoms with Crippen LogP contribution in [0.4, 0.5) is 0 Å². The number of rotatable bonds is 3. The molecule has 1 N–H and O–H groups in total. The second-order valence-corrected chi connectivity index (χ2v) is 6.11. The Hall–Kier alpha value is 0.135. The maximum atomic E-state index is 11.4. The summed E-state index contributed by atoms with van der Waals surface area (Å²) in [6.45, 7) is 4.04. The van der Waals surface area contributed by atoms with Gasteiger partial charge in [-0.1, -0.05) is 5.82 Å². The summed E-state index contributed by atoms with van der Waals surface area (Å²) in [5.41, 5.74) is -0.839. The van der Waals surface area contributed by atoms with E-state index in [1.807, 2.05) is 13.8 Å². The lowest BCUT2D eigenvalue weighted by atomic mass is 9.85. The summed E-state index contributed by atoms with van der Waals surface area (Å²) in [5, 5.41) is 0. The summed E-state index contributed by atoms with van der Waals surface area (Å²) in [4.78, 5) is 9.33. The molecule has 0 aromatic heterocycles. The van der Waals surface area contributed by atoms with Crippen LogP contribution >= 0.6 is 7.82 Å². The smallest absolute Gasteiger partial charge is 0.376 e. The number of phosphoric ester groups is 1. The molecule has 1 saturated carbocycles. The van der Waals surface area contributed by atoms with Gasteiger partial charge in [0.2, 0.25) is 0 Å². The lowest BCUT2D eigenvalue weighted by Crippen LogP contribution is -2.40. The summed E-state index contributed by atoms with van der Waals surface area (Å²) >= 11 is 0. The summed E-state index contributed by atoms with van der Waals surface area (Å²) in [7, 11) is 1.91. The average Bonchev–Trinajstić information content (AvgIpc) is 2.49. The van der Waals surface area contributed by atoms with E-state index in [4.69, 9.17) is 21.6 Å². The van der Waals surface area contributed by atoms with E-state index in [0.29, 0.717) is 12.8 Å². The second kappa shape index (κ2) is 4.11. The van der Waals surface area contributed by atoms with Crippen molar-refractivity contribution in [1.29, 1.82) is 0 Å². The number of hydrogen-bond acceptors (Lipinski definition) is 4. The fraction of sp³-hybridized carbons (Fsp3) is 1.00. The van der Waals surface area contributed by atoms with Crippen molar-refractivity contribution in [2.24, 2.45) is 0 Å². The lowest BCUT2D eigenvalue weighted by molar-refractivity contribution is -0.0518. The molecule has 4 atom stereocenters. The quantitative estimate of drug-likeness (QED) is 0.602. The van der Waals surface area contributed by atoms with Gasteiger partial charge >= 0.3 is 7.82 Å². The van der Waals surface area contributed by atoms with E-state index in [9.17, 15) is 9.46 Å². The first-order valence-electron chi connectivity index (χ1n) is 5.42. The molecule has 7 heteroatoms. The average molecular weight is 246 g/mol. The Bertz CT molecular complexity index is 323. The van der Waals surface area contributed by atoms with Crippen molar-refractivity contribution in [1.82, 2.24) is 0 Å². The van der Waals surface area contributed by atoms with Crippen LogP contribution in [0.3, 0.4) is 0 Å². The summed E-state index contributed by atoms with van der Waals surface area (Å²) in [5.74, 6) is -0.0685. The van der Waals surface area contributed by atoms with Crippen LogP contribution in [0, 0.1) is 0 Å². The van der Waals surface area contributed by atoms with Crippen LogP contribution in [0.15, 0.2) is 0 Å². The fourth-order valence-electron chi connectivity index (χ4n) is 2.28. The van der Waals surface area contributed by atoms with E-state index < -0.39 is 19.5 Å². The molecule has 1 saturated heterocycles. The Morgan fingerprint density at radius 3 is 3.00 bits per heavy atom. The zero-order valence-corrected chi connectivity index (χ0v) is 10.4. The zero-order valence-electron chi connectivity index (χ0n) is 9.46. The molecule has 2 rings (SSSR count). The molecule has 0 aromatic rings. The minimum Gasteiger partial charge on any atom is -0.376 e. The maximum Gasteiger partial charge on any atom is 0.473 e. The molecule has 0 amide bonds. The summed E-state index contributed by atoms with van der Waals surface area (Å²) in [6, 6.07) is 0. The van der Waals surface area contributed by atoms with Crippen LogP contribution in [0.25, 0.3) is 0 Å². The topological polar surface area (TPSA) is 65.0 Å². The summed E-state index contributed by atoms with van der Waals surface area (Å²) < 4.78 is 27.1. The van der Waals surface area contributed by atoms with Crippen molar-refractivity contribution < 1.29 is 23.2 Å². The highest BCUT2D eigenvalue weighted by Gasteiger charge is 2.59. The van der Waals surface area contributed by atoms with Gasteiger partial charge in [0.25, 0.3) is 0 Å². The molecule has 1 aliphatic carbocycles. The third-order valence-electron chi connectivity index (χ3n) is 2.93. The van der Waals surface area contributed by atoms with E-state index in [2.05, 4.69) is 0 Å². The molecule has 2 radical (unpaired) electrons. The highest BCUT2D eigenvalue weighted by molar-refractivity contribution is 7.47. The Labute approximate surface area is 96.5 Å². The van der Waals surface area contributed by atoms with Crippen molar-refractivity contribution in [3.8, 4) is 0 Å². The van der Waals surface area contributed by atoms with Crippen LogP contribution in [-0.2, 0) is 18.3 Å². The van der Waals surface area contributed by atoms with E-state index in [0.717, 1.165) is 0 Å². The molecular weight excluding hydrogens is 230 g/mol. The zero-order chi connectivity index (χ0) is 12.0. The van der Waals surface area contributed by atoms with Gasteiger partial charge in [0.15, 0.2) is 0 Å². The number of phosphoric acid groups is 1. The molecule has 1 aliphatic heterocycles. The molecular formula is C9H16BO5P. The number of fused-ring (bicyclic) bond motifs is 1.